The van der Waals surface area contributed by atoms with E-state index in [9.17, 15) is 5.11 Å². The van der Waals surface area contributed by atoms with Gasteiger partial charge >= 0.3 is 0 Å². The summed E-state index contributed by atoms with van der Waals surface area (Å²) in [6.07, 6.45) is 4.72. The van der Waals surface area contributed by atoms with Crippen LogP contribution in [0.15, 0.2) is 6.07 Å². The number of aryl methyl sites for hydroxylation is 1. The van der Waals surface area contributed by atoms with E-state index in [2.05, 4.69) is 27.5 Å². The van der Waals surface area contributed by atoms with E-state index in [-0.39, 0.29) is 6.10 Å². The molecule has 0 spiro atoms. The van der Waals surface area contributed by atoms with Gasteiger partial charge in [0.05, 0.1) is 6.10 Å². The van der Waals surface area contributed by atoms with Crippen molar-refractivity contribution in [1.29, 1.82) is 0 Å². The van der Waals surface area contributed by atoms with Crippen LogP contribution in [0.4, 0.5) is 11.6 Å². The Labute approximate surface area is 114 Å². The number of aliphatic hydroxyl groups excluding tert-OH is 1. The number of aliphatic hydroxyl groups is 1. The van der Waals surface area contributed by atoms with Crippen molar-refractivity contribution in [3.63, 3.8) is 0 Å². The maximum absolute atomic E-state index is 9.51. The third kappa shape index (κ3) is 4.35. The van der Waals surface area contributed by atoms with Gasteiger partial charge in [-0.2, -0.15) is 0 Å². The minimum absolute atomic E-state index is 0.119. The number of aromatic nitrogens is 2. The smallest absolute Gasteiger partial charge is 0.132 e. The van der Waals surface area contributed by atoms with E-state index in [0.717, 1.165) is 56.1 Å². The molecule has 5 heteroatoms. The Bertz CT molecular complexity index is 402. The standard InChI is InChI=1S/C14H24N4O/c1-3-8-15-13-9-14(17-10(2)16-13)18-11-4-6-12(19)7-5-11/h9,11-12,19H,3-8H2,1-2H3,(H2,15,16,17,18). The van der Waals surface area contributed by atoms with E-state index < -0.39 is 0 Å². The first kappa shape index (κ1) is 14.1. The van der Waals surface area contributed by atoms with Gasteiger partial charge in [-0.1, -0.05) is 6.92 Å². The van der Waals surface area contributed by atoms with Crippen LogP contribution in [-0.2, 0) is 0 Å². The molecule has 2 rings (SSSR count). The summed E-state index contributed by atoms with van der Waals surface area (Å²) in [4.78, 5) is 8.80. The maximum Gasteiger partial charge on any atom is 0.132 e. The van der Waals surface area contributed by atoms with Gasteiger partial charge in [-0.05, 0) is 39.0 Å². The molecule has 1 saturated carbocycles. The van der Waals surface area contributed by atoms with Crippen LogP contribution in [0, 0.1) is 6.92 Å². The Morgan fingerprint density at radius 3 is 2.58 bits per heavy atom. The van der Waals surface area contributed by atoms with Crippen LogP contribution < -0.4 is 10.6 Å². The van der Waals surface area contributed by atoms with Crippen molar-refractivity contribution >= 4 is 11.6 Å². The lowest BCUT2D eigenvalue weighted by Crippen LogP contribution is -2.28. The zero-order valence-corrected chi connectivity index (χ0v) is 11.8. The van der Waals surface area contributed by atoms with E-state index >= 15 is 0 Å². The van der Waals surface area contributed by atoms with E-state index in [1.165, 1.54) is 0 Å². The number of hydrogen-bond acceptors (Lipinski definition) is 5. The molecule has 0 bridgehead atoms. The molecule has 1 aliphatic rings. The van der Waals surface area contributed by atoms with Gasteiger partial charge in [-0.25, -0.2) is 9.97 Å². The summed E-state index contributed by atoms with van der Waals surface area (Å²) in [6, 6.07) is 2.38. The predicted octanol–water partition coefficient (Wildman–Crippen LogP) is 2.32. The molecular weight excluding hydrogens is 240 g/mol. The van der Waals surface area contributed by atoms with Crippen molar-refractivity contribution in [1.82, 2.24) is 9.97 Å². The molecule has 0 radical (unpaired) electrons. The Hall–Kier alpha value is -1.36. The van der Waals surface area contributed by atoms with Crippen LogP contribution in [0.5, 0.6) is 0 Å². The fourth-order valence-corrected chi connectivity index (χ4v) is 2.41. The summed E-state index contributed by atoms with van der Waals surface area (Å²) in [7, 11) is 0. The van der Waals surface area contributed by atoms with E-state index in [1.807, 2.05) is 13.0 Å². The minimum atomic E-state index is -0.119. The summed E-state index contributed by atoms with van der Waals surface area (Å²) in [5.41, 5.74) is 0. The number of anilines is 2. The van der Waals surface area contributed by atoms with Crippen molar-refractivity contribution in [3.8, 4) is 0 Å². The number of rotatable bonds is 5. The summed E-state index contributed by atoms with van der Waals surface area (Å²) in [5.74, 6) is 2.54. The largest absolute Gasteiger partial charge is 0.393 e. The first-order chi connectivity index (χ1) is 9.17. The quantitative estimate of drug-likeness (QED) is 0.761. The lowest BCUT2D eigenvalue weighted by atomic mass is 9.93. The highest BCUT2D eigenvalue weighted by Gasteiger charge is 2.19. The molecule has 3 N–H and O–H groups in total. The summed E-state index contributed by atoms with van der Waals surface area (Å²) in [6.45, 7) is 4.96. The topological polar surface area (TPSA) is 70.1 Å². The van der Waals surface area contributed by atoms with Crippen LogP contribution in [-0.4, -0.2) is 33.8 Å². The van der Waals surface area contributed by atoms with Crippen LogP contribution in [0.2, 0.25) is 0 Å². The molecule has 106 valence electrons. The van der Waals surface area contributed by atoms with Gasteiger partial charge in [-0.3, -0.25) is 0 Å². The second-order valence-electron chi connectivity index (χ2n) is 5.26. The lowest BCUT2D eigenvalue weighted by Gasteiger charge is -2.26. The first-order valence-corrected chi connectivity index (χ1v) is 7.21. The zero-order valence-electron chi connectivity index (χ0n) is 11.8. The first-order valence-electron chi connectivity index (χ1n) is 7.21. The molecule has 19 heavy (non-hydrogen) atoms. The highest BCUT2D eigenvalue weighted by Crippen LogP contribution is 2.22. The minimum Gasteiger partial charge on any atom is -0.393 e. The number of nitrogens with zero attached hydrogens (tertiary/aromatic N) is 2. The predicted molar refractivity (Wildman–Crippen MR) is 77.4 cm³/mol. The Kier molecular flexibility index (Phi) is 4.96. The van der Waals surface area contributed by atoms with Crippen molar-refractivity contribution in [3.05, 3.63) is 11.9 Å². The Morgan fingerprint density at radius 1 is 1.21 bits per heavy atom. The van der Waals surface area contributed by atoms with Gasteiger partial charge in [0, 0.05) is 18.7 Å². The summed E-state index contributed by atoms with van der Waals surface area (Å²) < 4.78 is 0. The van der Waals surface area contributed by atoms with Gasteiger partial charge < -0.3 is 15.7 Å². The van der Waals surface area contributed by atoms with Crippen molar-refractivity contribution in [2.75, 3.05) is 17.2 Å². The average molecular weight is 264 g/mol. The third-order valence-electron chi connectivity index (χ3n) is 3.44. The molecule has 1 heterocycles. The SMILES string of the molecule is CCCNc1cc(NC2CCC(O)CC2)nc(C)n1. The Morgan fingerprint density at radius 2 is 1.89 bits per heavy atom. The Balaban J connectivity index is 1.97. The molecule has 0 unspecified atom stereocenters. The van der Waals surface area contributed by atoms with Gasteiger partial charge in [0.2, 0.25) is 0 Å². The molecule has 1 aromatic heterocycles. The molecule has 1 fully saturated rings. The fraction of sp³-hybridized carbons (Fsp3) is 0.714. The van der Waals surface area contributed by atoms with Gasteiger partial charge in [0.1, 0.15) is 17.5 Å². The third-order valence-corrected chi connectivity index (χ3v) is 3.44. The van der Waals surface area contributed by atoms with Crippen LogP contribution in [0.3, 0.4) is 0 Å². The summed E-state index contributed by atoms with van der Waals surface area (Å²) >= 11 is 0. The van der Waals surface area contributed by atoms with Crippen molar-refractivity contribution in [2.45, 2.75) is 58.1 Å². The van der Waals surface area contributed by atoms with Crippen LogP contribution >= 0.6 is 0 Å². The van der Waals surface area contributed by atoms with Crippen molar-refractivity contribution < 1.29 is 5.11 Å². The van der Waals surface area contributed by atoms with E-state index in [0.29, 0.717) is 6.04 Å². The van der Waals surface area contributed by atoms with Crippen molar-refractivity contribution in [2.24, 2.45) is 0 Å². The fourth-order valence-electron chi connectivity index (χ4n) is 2.41. The number of nitrogens with one attached hydrogen (secondary N) is 2. The molecule has 0 aliphatic heterocycles. The van der Waals surface area contributed by atoms with E-state index in [4.69, 9.17) is 0 Å². The molecule has 0 saturated heterocycles. The van der Waals surface area contributed by atoms with Gasteiger partial charge in [0.25, 0.3) is 0 Å². The molecule has 0 amide bonds. The second kappa shape index (κ2) is 6.70. The number of hydrogen-bond donors (Lipinski definition) is 3. The van der Waals surface area contributed by atoms with E-state index in [1.54, 1.807) is 0 Å². The monoisotopic (exact) mass is 264 g/mol. The maximum atomic E-state index is 9.51. The highest BCUT2D eigenvalue weighted by atomic mass is 16.3. The molecule has 5 nitrogen and oxygen atoms in total. The van der Waals surface area contributed by atoms with Gasteiger partial charge in [-0.15, -0.1) is 0 Å². The van der Waals surface area contributed by atoms with Crippen LogP contribution in [0.1, 0.15) is 44.9 Å². The molecule has 1 aromatic rings. The molecular formula is C14H24N4O. The molecule has 0 aromatic carbocycles. The summed E-state index contributed by atoms with van der Waals surface area (Å²) in [5, 5.41) is 16.3. The lowest BCUT2D eigenvalue weighted by molar-refractivity contribution is 0.126. The normalized spacial score (nSPS) is 23.1. The second-order valence-corrected chi connectivity index (χ2v) is 5.26. The van der Waals surface area contributed by atoms with Gasteiger partial charge in [0.15, 0.2) is 0 Å². The average Bonchev–Trinajstić information content (AvgIpc) is 2.38. The zero-order chi connectivity index (χ0) is 13.7. The van der Waals surface area contributed by atoms with Crippen LogP contribution in [0.25, 0.3) is 0 Å². The highest BCUT2D eigenvalue weighted by molar-refractivity contribution is 5.48. The molecule has 1 aliphatic carbocycles. The molecule has 0 atom stereocenters.